The second-order valence-corrected chi connectivity index (χ2v) is 4.85. The van der Waals surface area contributed by atoms with Gasteiger partial charge >= 0.3 is 6.61 Å². The largest absolute Gasteiger partial charge is 0.435 e. The van der Waals surface area contributed by atoms with Crippen molar-refractivity contribution in [2.24, 2.45) is 5.73 Å². The van der Waals surface area contributed by atoms with Crippen molar-refractivity contribution in [3.8, 4) is 5.75 Å². The Balaban J connectivity index is 2.07. The standard InChI is InChI=1S/C15H15F2N3O3/c1-20(14(22)12-6-10(7-19-12)13(18)21)8-9-3-2-4-11(5-9)23-15(16)17/h2-7,15,19H,8H2,1H3,(H2,18,21). The van der Waals surface area contributed by atoms with E-state index in [1.54, 1.807) is 19.2 Å². The third kappa shape index (κ3) is 4.29. The average Bonchev–Trinajstić information content (AvgIpc) is 2.96. The monoisotopic (exact) mass is 323 g/mol. The van der Waals surface area contributed by atoms with Gasteiger partial charge in [0.2, 0.25) is 5.91 Å². The molecule has 0 saturated heterocycles. The number of ether oxygens (including phenoxy) is 1. The molecule has 0 radical (unpaired) electrons. The van der Waals surface area contributed by atoms with E-state index in [1.807, 2.05) is 0 Å². The Labute approximate surface area is 130 Å². The molecular weight excluding hydrogens is 308 g/mol. The summed E-state index contributed by atoms with van der Waals surface area (Å²) in [4.78, 5) is 27.3. The quantitative estimate of drug-likeness (QED) is 0.852. The highest BCUT2D eigenvalue weighted by Gasteiger charge is 2.16. The van der Waals surface area contributed by atoms with Crippen molar-refractivity contribution < 1.29 is 23.1 Å². The number of nitrogens with one attached hydrogen (secondary N) is 1. The van der Waals surface area contributed by atoms with Gasteiger partial charge in [-0.1, -0.05) is 12.1 Å². The molecule has 8 heteroatoms. The minimum atomic E-state index is -2.91. The molecule has 2 amide bonds. The predicted molar refractivity (Wildman–Crippen MR) is 78.2 cm³/mol. The van der Waals surface area contributed by atoms with Gasteiger partial charge in [-0.25, -0.2) is 0 Å². The number of alkyl halides is 2. The lowest BCUT2D eigenvalue weighted by molar-refractivity contribution is -0.0499. The summed E-state index contributed by atoms with van der Waals surface area (Å²) in [5.41, 5.74) is 6.16. The fourth-order valence-corrected chi connectivity index (χ4v) is 2.03. The molecule has 122 valence electrons. The highest BCUT2D eigenvalue weighted by molar-refractivity contribution is 5.98. The van der Waals surface area contributed by atoms with Crippen molar-refractivity contribution in [3.05, 3.63) is 53.3 Å². The third-order valence-electron chi connectivity index (χ3n) is 3.09. The Morgan fingerprint density at radius 3 is 2.70 bits per heavy atom. The first kappa shape index (κ1) is 16.5. The maximum Gasteiger partial charge on any atom is 0.387 e. The summed E-state index contributed by atoms with van der Waals surface area (Å²) < 4.78 is 28.7. The molecular formula is C15H15F2N3O3. The van der Waals surface area contributed by atoms with Gasteiger partial charge < -0.3 is 20.4 Å². The van der Waals surface area contributed by atoms with Crippen molar-refractivity contribution in [1.82, 2.24) is 9.88 Å². The van der Waals surface area contributed by atoms with E-state index in [4.69, 9.17) is 5.73 Å². The number of nitrogens with two attached hydrogens (primary N) is 1. The van der Waals surface area contributed by atoms with Crippen LogP contribution in [-0.2, 0) is 6.54 Å². The molecule has 0 aliphatic rings. The Hall–Kier alpha value is -2.90. The van der Waals surface area contributed by atoms with E-state index in [1.165, 1.54) is 29.3 Å². The zero-order chi connectivity index (χ0) is 17.0. The van der Waals surface area contributed by atoms with Crippen LogP contribution in [0.3, 0.4) is 0 Å². The molecule has 2 aromatic rings. The molecule has 0 aliphatic carbocycles. The van der Waals surface area contributed by atoms with Crippen LogP contribution in [0.2, 0.25) is 0 Å². The summed E-state index contributed by atoms with van der Waals surface area (Å²) in [5.74, 6) is -0.980. The van der Waals surface area contributed by atoms with Gasteiger partial charge in [-0.05, 0) is 23.8 Å². The van der Waals surface area contributed by atoms with E-state index in [0.717, 1.165) is 0 Å². The molecule has 1 aromatic carbocycles. The van der Waals surface area contributed by atoms with Gasteiger partial charge in [-0.3, -0.25) is 9.59 Å². The third-order valence-corrected chi connectivity index (χ3v) is 3.09. The first-order valence-electron chi connectivity index (χ1n) is 6.64. The fraction of sp³-hybridized carbons (Fsp3) is 0.200. The van der Waals surface area contributed by atoms with Crippen LogP contribution >= 0.6 is 0 Å². The molecule has 0 atom stereocenters. The molecule has 1 heterocycles. The molecule has 0 aliphatic heterocycles. The lowest BCUT2D eigenvalue weighted by atomic mass is 10.2. The first-order chi connectivity index (χ1) is 10.9. The summed E-state index contributed by atoms with van der Waals surface area (Å²) >= 11 is 0. The van der Waals surface area contributed by atoms with Crippen molar-refractivity contribution >= 4 is 11.8 Å². The maximum atomic E-state index is 12.2. The predicted octanol–water partition coefficient (Wildman–Crippen LogP) is 1.99. The summed E-state index contributed by atoms with van der Waals surface area (Å²) in [6.07, 6.45) is 1.35. The molecule has 0 fully saturated rings. The Kier molecular flexibility index (Phi) is 4.95. The summed E-state index contributed by atoms with van der Waals surface area (Å²) in [7, 11) is 1.55. The molecule has 1 aromatic heterocycles. The van der Waals surface area contributed by atoms with Crippen molar-refractivity contribution in [3.63, 3.8) is 0 Å². The van der Waals surface area contributed by atoms with Crippen molar-refractivity contribution in [2.75, 3.05) is 7.05 Å². The van der Waals surface area contributed by atoms with Crippen LogP contribution in [0.1, 0.15) is 26.4 Å². The van der Waals surface area contributed by atoms with Crippen LogP contribution in [0.15, 0.2) is 36.5 Å². The second-order valence-electron chi connectivity index (χ2n) is 4.85. The van der Waals surface area contributed by atoms with Gasteiger partial charge in [0.05, 0.1) is 5.56 Å². The number of halogens is 2. The molecule has 23 heavy (non-hydrogen) atoms. The second kappa shape index (κ2) is 6.91. The van der Waals surface area contributed by atoms with Crippen LogP contribution in [-0.4, -0.2) is 35.4 Å². The highest BCUT2D eigenvalue weighted by Crippen LogP contribution is 2.17. The Morgan fingerprint density at radius 2 is 2.09 bits per heavy atom. The van der Waals surface area contributed by atoms with Crippen LogP contribution in [0.5, 0.6) is 5.75 Å². The van der Waals surface area contributed by atoms with Gasteiger partial charge in [-0.15, -0.1) is 0 Å². The molecule has 0 spiro atoms. The van der Waals surface area contributed by atoms with E-state index >= 15 is 0 Å². The molecule has 0 unspecified atom stereocenters. The summed E-state index contributed by atoms with van der Waals surface area (Å²) in [6, 6.07) is 7.44. The number of carbonyl (C=O) groups is 2. The van der Waals surface area contributed by atoms with Crippen LogP contribution in [0.25, 0.3) is 0 Å². The number of hydrogen-bond acceptors (Lipinski definition) is 3. The first-order valence-corrected chi connectivity index (χ1v) is 6.64. The topological polar surface area (TPSA) is 88.4 Å². The number of hydrogen-bond donors (Lipinski definition) is 2. The Bertz CT molecular complexity index is 715. The maximum absolute atomic E-state index is 12.2. The number of H-pyrrole nitrogens is 1. The number of nitrogens with zero attached hydrogens (tertiary/aromatic N) is 1. The van der Waals surface area contributed by atoms with Gasteiger partial charge in [0, 0.05) is 19.8 Å². The average molecular weight is 323 g/mol. The fourth-order valence-electron chi connectivity index (χ4n) is 2.03. The van der Waals surface area contributed by atoms with Gasteiger partial charge in [0.1, 0.15) is 11.4 Å². The van der Waals surface area contributed by atoms with Crippen molar-refractivity contribution in [1.29, 1.82) is 0 Å². The van der Waals surface area contributed by atoms with E-state index in [9.17, 15) is 18.4 Å². The number of aromatic amines is 1. The number of carbonyl (C=O) groups excluding carboxylic acids is 2. The zero-order valence-electron chi connectivity index (χ0n) is 12.3. The van der Waals surface area contributed by atoms with E-state index in [2.05, 4.69) is 9.72 Å². The minimum absolute atomic E-state index is 0.0224. The summed E-state index contributed by atoms with van der Waals surface area (Å²) in [6.45, 7) is -2.72. The highest BCUT2D eigenvalue weighted by atomic mass is 19.3. The SMILES string of the molecule is CN(Cc1cccc(OC(F)F)c1)C(=O)c1cc(C(N)=O)c[nH]1. The minimum Gasteiger partial charge on any atom is -0.435 e. The molecule has 0 bridgehead atoms. The number of benzene rings is 1. The Morgan fingerprint density at radius 1 is 1.35 bits per heavy atom. The van der Waals surface area contributed by atoms with E-state index in [-0.39, 0.29) is 29.5 Å². The lowest BCUT2D eigenvalue weighted by Gasteiger charge is -2.17. The molecule has 6 nitrogen and oxygen atoms in total. The van der Waals surface area contributed by atoms with Gasteiger partial charge in [-0.2, -0.15) is 8.78 Å². The summed E-state index contributed by atoms with van der Waals surface area (Å²) in [5, 5.41) is 0. The zero-order valence-corrected chi connectivity index (χ0v) is 12.3. The number of amides is 2. The van der Waals surface area contributed by atoms with Crippen LogP contribution in [0.4, 0.5) is 8.78 Å². The van der Waals surface area contributed by atoms with E-state index in [0.29, 0.717) is 5.56 Å². The van der Waals surface area contributed by atoms with Gasteiger partial charge in [0.15, 0.2) is 0 Å². The van der Waals surface area contributed by atoms with Crippen molar-refractivity contribution in [2.45, 2.75) is 13.2 Å². The molecule has 3 N–H and O–H groups in total. The molecule has 2 rings (SSSR count). The van der Waals surface area contributed by atoms with E-state index < -0.39 is 12.5 Å². The number of rotatable bonds is 6. The number of primary amides is 1. The molecule has 0 saturated carbocycles. The van der Waals surface area contributed by atoms with Crippen LogP contribution in [0, 0.1) is 0 Å². The normalized spacial score (nSPS) is 10.6. The number of aromatic nitrogens is 1. The smallest absolute Gasteiger partial charge is 0.387 e. The lowest BCUT2D eigenvalue weighted by Crippen LogP contribution is -2.26. The van der Waals surface area contributed by atoms with Gasteiger partial charge in [0.25, 0.3) is 5.91 Å². The van der Waals surface area contributed by atoms with Crippen LogP contribution < -0.4 is 10.5 Å².